The number of hydrogen-bond donors (Lipinski definition) is 1. The Hall–Kier alpha value is -2.20. The molecule has 0 aliphatic rings. The molecule has 0 aromatic heterocycles. The van der Waals surface area contributed by atoms with E-state index in [1.165, 1.54) is 53.5 Å². The van der Waals surface area contributed by atoms with E-state index in [9.17, 15) is 0 Å². The van der Waals surface area contributed by atoms with Crippen molar-refractivity contribution >= 4 is 5.57 Å². The van der Waals surface area contributed by atoms with E-state index in [-0.39, 0.29) is 22.5 Å². The standard InChI is InChI=1S/C28H40.H3N.2H2O/c1-9-12-13-14-15-18-26(27(11-3)23(5)28(6,7)8)21-24(10-2)25-19-16-17-22(4)20-25;;;/h10-11,16-21H,2,5,9,12-15H2,1,3-4,6-8H3;1H3;2*1H2/b24-21+,26-18-,27-11-;;;. The lowest BCUT2D eigenvalue weighted by molar-refractivity contribution is 0.513. The Bertz CT molecular complexity index is 761. The zero-order valence-corrected chi connectivity index (χ0v) is 20.8. The van der Waals surface area contributed by atoms with Gasteiger partial charge in [0, 0.05) is 0 Å². The molecule has 0 atom stereocenters. The van der Waals surface area contributed by atoms with Gasteiger partial charge in [0.05, 0.1) is 0 Å². The first kappa shape index (κ1) is 33.4. The van der Waals surface area contributed by atoms with Crippen molar-refractivity contribution < 1.29 is 11.0 Å². The average molecular weight is 430 g/mol. The van der Waals surface area contributed by atoms with Crippen molar-refractivity contribution in [2.75, 3.05) is 0 Å². The van der Waals surface area contributed by atoms with Crippen LogP contribution < -0.4 is 6.15 Å². The van der Waals surface area contributed by atoms with E-state index in [0.29, 0.717) is 0 Å². The fourth-order valence-electron chi connectivity index (χ4n) is 3.25. The summed E-state index contributed by atoms with van der Waals surface area (Å²) in [4.78, 5) is 0. The van der Waals surface area contributed by atoms with Gasteiger partial charge in [-0.2, -0.15) is 0 Å². The fraction of sp³-hybridized carbons (Fsp3) is 0.429. The van der Waals surface area contributed by atoms with Gasteiger partial charge in [-0.1, -0.05) is 108 Å². The molecule has 0 fully saturated rings. The normalized spacial score (nSPS) is 12.3. The zero-order chi connectivity index (χ0) is 21.2. The SMILES string of the molecule is C=C\C(=C/C(=C/CCCCCC)C(=C\C)/C(=C)C(C)(C)C)c1cccc(C)c1.N.O.O. The Kier molecular flexibility index (Phi) is 17.8. The maximum atomic E-state index is 4.43. The molecule has 3 nitrogen and oxygen atoms in total. The monoisotopic (exact) mass is 429 g/mol. The van der Waals surface area contributed by atoms with Gasteiger partial charge in [-0.05, 0) is 66.0 Å². The molecular formula is C28H47NO2. The van der Waals surface area contributed by atoms with Gasteiger partial charge in [-0.25, -0.2) is 0 Å². The fourth-order valence-corrected chi connectivity index (χ4v) is 3.25. The molecule has 1 aromatic rings. The molecule has 1 rings (SSSR count). The summed E-state index contributed by atoms with van der Waals surface area (Å²) in [6.45, 7) is 21.7. The lowest BCUT2D eigenvalue weighted by atomic mass is 9.79. The first-order valence-corrected chi connectivity index (χ1v) is 10.7. The minimum atomic E-state index is 0. The summed E-state index contributed by atoms with van der Waals surface area (Å²) in [5.74, 6) is 0. The van der Waals surface area contributed by atoms with Crippen LogP contribution in [-0.2, 0) is 0 Å². The van der Waals surface area contributed by atoms with Crippen molar-refractivity contribution in [1.82, 2.24) is 6.15 Å². The van der Waals surface area contributed by atoms with Gasteiger partial charge in [0.25, 0.3) is 0 Å². The number of hydrogen-bond acceptors (Lipinski definition) is 1. The van der Waals surface area contributed by atoms with Gasteiger partial charge >= 0.3 is 0 Å². The Morgan fingerprint density at radius 1 is 1.06 bits per heavy atom. The third-order valence-corrected chi connectivity index (χ3v) is 5.13. The summed E-state index contributed by atoms with van der Waals surface area (Å²) >= 11 is 0. The topological polar surface area (TPSA) is 98.0 Å². The Balaban J connectivity index is -0.00000261. The van der Waals surface area contributed by atoms with E-state index in [1.807, 2.05) is 6.08 Å². The highest BCUT2D eigenvalue weighted by atomic mass is 16.0. The molecule has 0 aliphatic heterocycles. The molecule has 31 heavy (non-hydrogen) atoms. The molecular weight excluding hydrogens is 382 g/mol. The van der Waals surface area contributed by atoms with Crippen LogP contribution in [0.5, 0.6) is 0 Å². The third kappa shape index (κ3) is 11.1. The predicted octanol–water partition coefficient (Wildman–Crippen LogP) is 7.52. The van der Waals surface area contributed by atoms with E-state index in [4.69, 9.17) is 0 Å². The molecule has 176 valence electrons. The smallest absolute Gasteiger partial charge is 0.0132 e. The third-order valence-electron chi connectivity index (χ3n) is 5.13. The van der Waals surface area contributed by atoms with Gasteiger partial charge in [-0.15, -0.1) is 0 Å². The van der Waals surface area contributed by atoms with Gasteiger partial charge < -0.3 is 17.1 Å². The summed E-state index contributed by atoms with van der Waals surface area (Å²) < 4.78 is 0. The second kappa shape index (κ2) is 16.5. The van der Waals surface area contributed by atoms with Crippen LogP contribution in [0.4, 0.5) is 0 Å². The summed E-state index contributed by atoms with van der Waals surface area (Å²) in [7, 11) is 0. The molecule has 0 heterocycles. The quantitative estimate of drug-likeness (QED) is 0.302. The van der Waals surface area contributed by atoms with Crippen molar-refractivity contribution in [1.29, 1.82) is 0 Å². The minimum absolute atomic E-state index is 0. The molecule has 0 saturated heterocycles. The molecule has 0 aliphatic carbocycles. The highest BCUT2D eigenvalue weighted by molar-refractivity contribution is 5.77. The summed E-state index contributed by atoms with van der Waals surface area (Å²) in [6.07, 6.45) is 15.1. The van der Waals surface area contributed by atoms with E-state index in [0.717, 1.165) is 12.0 Å². The van der Waals surface area contributed by atoms with E-state index < -0.39 is 0 Å². The molecule has 0 saturated carbocycles. The van der Waals surface area contributed by atoms with Crippen molar-refractivity contribution in [3.05, 3.63) is 89.6 Å². The number of rotatable bonds is 10. The highest BCUT2D eigenvalue weighted by Crippen LogP contribution is 2.35. The van der Waals surface area contributed by atoms with Crippen LogP contribution in [0.1, 0.15) is 77.8 Å². The van der Waals surface area contributed by atoms with E-state index >= 15 is 0 Å². The molecule has 0 radical (unpaired) electrons. The predicted molar refractivity (Wildman–Crippen MR) is 141 cm³/mol. The largest absolute Gasteiger partial charge is 0.412 e. The second-order valence-corrected chi connectivity index (χ2v) is 8.61. The maximum Gasteiger partial charge on any atom is -0.0132 e. The van der Waals surface area contributed by atoms with Crippen LogP contribution in [0.15, 0.2) is 78.4 Å². The Morgan fingerprint density at radius 2 is 1.71 bits per heavy atom. The van der Waals surface area contributed by atoms with E-state index in [2.05, 4.69) is 97.2 Å². The second-order valence-electron chi connectivity index (χ2n) is 8.61. The van der Waals surface area contributed by atoms with Gasteiger partial charge in [-0.3, -0.25) is 0 Å². The molecule has 0 spiro atoms. The Morgan fingerprint density at radius 3 is 2.19 bits per heavy atom. The van der Waals surface area contributed by atoms with Crippen molar-refractivity contribution in [2.24, 2.45) is 5.41 Å². The Labute approximate surface area is 191 Å². The zero-order valence-electron chi connectivity index (χ0n) is 20.8. The summed E-state index contributed by atoms with van der Waals surface area (Å²) in [5, 5.41) is 0. The molecule has 3 heteroatoms. The van der Waals surface area contributed by atoms with Crippen LogP contribution in [0, 0.1) is 12.3 Å². The number of aryl methyl sites for hydroxylation is 1. The summed E-state index contributed by atoms with van der Waals surface area (Å²) in [5.41, 5.74) is 7.35. The average Bonchev–Trinajstić information content (AvgIpc) is 2.64. The molecule has 7 N–H and O–H groups in total. The maximum absolute atomic E-state index is 4.43. The highest BCUT2D eigenvalue weighted by Gasteiger charge is 2.20. The van der Waals surface area contributed by atoms with E-state index in [1.54, 1.807) is 0 Å². The first-order chi connectivity index (χ1) is 13.2. The minimum Gasteiger partial charge on any atom is -0.412 e. The van der Waals surface area contributed by atoms with Crippen LogP contribution >= 0.6 is 0 Å². The first-order valence-electron chi connectivity index (χ1n) is 10.7. The van der Waals surface area contributed by atoms with Gasteiger partial charge in [0.1, 0.15) is 0 Å². The van der Waals surface area contributed by atoms with Crippen LogP contribution in [-0.4, -0.2) is 11.0 Å². The van der Waals surface area contributed by atoms with Crippen LogP contribution in [0.3, 0.4) is 0 Å². The van der Waals surface area contributed by atoms with Crippen LogP contribution in [0.2, 0.25) is 0 Å². The number of allylic oxidation sites excluding steroid dienone is 8. The lowest BCUT2D eigenvalue weighted by Gasteiger charge is -2.25. The van der Waals surface area contributed by atoms with Crippen molar-refractivity contribution in [2.45, 2.75) is 73.6 Å². The molecule has 1 aromatic carbocycles. The van der Waals surface area contributed by atoms with Gasteiger partial charge in [0.2, 0.25) is 0 Å². The number of unbranched alkanes of at least 4 members (excludes halogenated alkanes) is 4. The lowest BCUT2D eigenvalue weighted by Crippen LogP contribution is -2.11. The van der Waals surface area contributed by atoms with Crippen LogP contribution in [0.25, 0.3) is 5.57 Å². The summed E-state index contributed by atoms with van der Waals surface area (Å²) in [6, 6.07) is 8.63. The number of benzene rings is 1. The van der Waals surface area contributed by atoms with Crippen molar-refractivity contribution in [3.63, 3.8) is 0 Å². The molecule has 0 bridgehead atoms. The molecule has 0 unspecified atom stereocenters. The molecule has 0 amide bonds. The van der Waals surface area contributed by atoms with Crippen molar-refractivity contribution in [3.8, 4) is 0 Å². The van der Waals surface area contributed by atoms with Gasteiger partial charge in [0.15, 0.2) is 0 Å².